The van der Waals surface area contributed by atoms with E-state index in [1.165, 1.54) is 23.5 Å². The highest BCUT2D eigenvalue weighted by atomic mass is 32.1. The number of carbonyl (C=O) groups is 1. The van der Waals surface area contributed by atoms with Crippen LogP contribution in [0.15, 0.2) is 36.4 Å². The molecule has 0 spiro atoms. The maximum absolute atomic E-state index is 13.2. The lowest BCUT2D eigenvalue weighted by molar-refractivity contribution is -0.120. The summed E-state index contributed by atoms with van der Waals surface area (Å²) in [6.45, 7) is 2.47. The third kappa shape index (κ3) is 4.33. The Bertz CT molecular complexity index is 908. The van der Waals surface area contributed by atoms with Crippen molar-refractivity contribution in [1.29, 1.82) is 0 Å². The number of rotatable bonds is 6. The van der Waals surface area contributed by atoms with E-state index in [9.17, 15) is 9.18 Å². The van der Waals surface area contributed by atoms with Gasteiger partial charge in [-0.3, -0.25) is 4.79 Å². The lowest BCUT2D eigenvalue weighted by atomic mass is 10.1. The number of halogens is 1. The first-order chi connectivity index (χ1) is 12.0. The Hall–Kier alpha value is -2.47. The first kappa shape index (κ1) is 17.4. The van der Waals surface area contributed by atoms with Crippen LogP contribution in [0.1, 0.15) is 16.1 Å². The molecular formula is C19H19FN2O2S. The van der Waals surface area contributed by atoms with E-state index in [0.717, 1.165) is 26.6 Å². The highest BCUT2D eigenvalue weighted by Crippen LogP contribution is 2.23. The van der Waals surface area contributed by atoms with Crippen molar-refractivity contribution in [2.45, 2.75) is 19.8 Å². The van der Waals surface area contributed by atoms with Crippen molar-refractivity contribution in [2.24, 2.45) is 0 Å². The number of nitrogens with zero attached hydrogens (tertiary/aromatic N) is 1. The van der Waals surface area contributed by atoms with Gasteiger partial charge in [0.15, 0.2) is 0 Å². The number of nitrogens with one attached hydrogen (secondary N) is 1. The summed E-state index contributed by atoms with van der Waals surface area (Å²) in [5.41, 5.74) is 2.62. The summed E-state index contributed by atoms with van der Waals surface area (Å²) in [5.74, 6) is 0.455. The van der Waals surface area contributed by atoms with Gasteiger partial charge in [-0.2, -0.15) is 0 Å². The largest absolute Gasteiger partial charge is 0.496 e. The zero-order valence-electron chi connectivity index (χ0n) is 14.1. The monoisotopic (exact) mass is 358 g/mol. The Labute approximate surface area is 149 Å². The number of hydrogen-bond acceptors (Lipinski definition) is 4. The molecule has 0 bridgehead atoms. The summed E-state index contributed by atoms with van der Waals surface area (Å²) < 4.78 is 19.4. The molecule has 0 saturated heterocycles. The van der Waals surface area contributed by atoms with Crippen LogP contribution in [-0.2, 0) is 17.6 Å². The van der Waals surface area contributed by atoms with Crippen LogP contribution in [0.5, 0.6) is 5.75 Å². The van der Waals surface area contributed by atoms with E-state index in [1.54, 1.807) is 13.2 Å². The Morgan fingerprint density at radius 1 is 1.28 bits per heavy atom. The van der Waals surface area contributed by atoms with Crippen LogP contribution in [-0.4, -0.2) is 24.5 Å². The van der Waals surface area contributed by atoms with Crippen LogP contribution < -0.4 is 10.1 Å². The molecule has 1 aromatic heterocycles. The van der Waals surface area contributed by atoms with Gasteiger partial charge in [-0.25, -0.2) is 9.37 Å². The zero-order chi connectivity index (χ0) is 17.8. The topological polar surface area (TPSA) is 51.2 Å². The van der Waals surface area contributed by atoms with Gasteiger partial charge in [-0.05, 0) is 36.2 Å². The Balaban J connectivity index is 1.53. The summed E-state index contributed by atoms with van der Waals surface area (Å²) in [6.07, 6.45) is 0.936. The summed E-state index contributed by atoms with van der Waals surface area (Å²) in [7, 11) is 1.62. The standard InChI is InChI=1S/C19H19FN2O2S/c1-12-3-4-13(9-16(12)24-2)10-18(23)21-8-7-19-22-15-11-14(20)5-6-17(15)25-19/h3-6,9,11H,7-8,10H2,1-2H3,(H,21,23). The number of methoxy groups -OCH3 is 1. The molecule has 0 atom stereocenters. The van der Waals surface area contributed by atoms with Crippen molar-refractivity contribution < 1.29 is 13.9 Å². The average molecular weight is 358 g/mol. The van der Waals surface area contributed by atoms with Crippen molar-refractivity contribution in [3.8, 4) is 5.75 Å². The van der Waals surface area contributed by atoms with Gasteiger partial charge in [-0.15, -0.1) is 11.3 Å². The third-order valence-electron chi connectivity index (χ3n) is 3.89. The van der Waals surface area contributed by atoms with Crippen molar-refractivity contribution in [3.05, 3.63) is 58.3 Å². The number of aryl methyl sites for hydroxylation is 1. The summed E-state index contributed by atoms with van der Waals surface area (Å²) in [5, 5.41) is 3.79. The molecular weight excluding hydrogens is 339 g/mol. The molecule has 0 aliphatic heterocycles. The molecule has 0 fully saturated rings. The minimum Gasteiger partial charge on any atom is -0.496 e. The van der Waals surface area contributed by atoms with Crippen molar-refractivity contribution in [1.82, 2.24) is 10.3 Å². The van der Waals surface area contributed by atoms with Crippen LogP contribution >= 0.6 is 11.3 Å². The quantitative estimate of drug-likeness (QED) is 0.732. The molecule has 0 radical (unpaired) electrons. The van der Waals surface area contributed by atoms with Gasteiger partial charge < -0.3 is 10.1 Å². The van der Waals surface area contributed by atoms with Gasteiger partial charge >= 0.3 is 0 Å². The molecule has 3 aromatic rings. The average Bonchev–Trinajstić information content (AvgIpc) is 2.98. The van der Waals surface area contributed by atoms with Crippen molar-refractivity contribution in [2.75, 3.05) is 13.7 Å². The number of ether oxygens (including phenoxy) is 1. The second kappa shape index (κ2) is 7.61. The Kier molecular flexibility index (Phi) is 5.28. The number of carbonyl (C=O) groups excluding carboxylic acids is 1. The second-order valence-electron chi connectivity index (χ2n) is 5.80. The molecule has 4 nitrogen and oxygen atoms in total. The van der Waals surface area contributed by atoms with Gasteiger partial charge in [0.05, 0.1) is 28.8 Å². The molecule has 1 N–H and O–H groups in total. The van der Waals surface area contributed by atoms with Crippen LogP contribution in [0.25, 0.3) is 10.2 Å². The van der Waals surface area contributed by atoms with Gasteiger partial charge in [0.1, 0.15) is 11.6 Å². The lowest BCUT2D eigenvalue weighted by Gasteiger charge is -2.08. The van der Waals surface area contributed by atoms with E-state index in [4.69, 9.17) is 4.74 Å². The lowest BCUT2D eigenvalue weighted by Crippen LogP contribution is -2.27. The Morgan fingerprint density at radius 3 is 2.92 bits per heavy atom. The number of thiazole rings is 1. The number of benzene rings is 2. The molecule has 130 valence electrons. The molecule has 1 heterocycles. The van der Waals surface area contributed by atoms with Crippen molar-refractivity contribution >= 4 is 27.5 Å². The summed E-state index contributed by atoms with van der Waals surface area (Å²) >= 11 is 1.52. The highest BCUT2D eigenvalue weighted by molar-refractivity contribution is 7.18. The summed E-state index contributed by atoms with van der Waals surface area (Å²) in [4.78, 5) is 16.5. The normalized spacial score (nSPS) is 10.8. The number of aromatic nitrogens is 1. The van der Waals surface area contributed by atoms with E-state index in [1.807, 2.05) is 25.1 Å². The molecule has 0 aliphatic carbocycles. The van der Waals surface area contributed by atoms with E-state index in [0.29, 0.717) is 24.9 Å². The van der Waals surface area contributed by atoms with Gasteiger partial charge in [0, 0.05) is 19.0 Å². The number of amides is 1. The molecule has 6 heteroatoms. The predicted octanol–water partition coefficient (Wildman–Crippen LogP) is 3.65. The fraction of sp³-hybridized carbons (Fsp3) is 0.263. The number of fused-ring (bicyclic) bond motifs is 1. The second-order valence-corrected chi connectivity index (χ2v) is 6.92. The number of hydrogen-bond donors (Lipinski definition) is 1. The molecule has 2 aromatic carbocycles. The van der Waals surface area contributed by atoms with Crippen LogP contribution in [0.4, 0.5) is 4.39 Å². The molecule has 1 amide bonds. The molecule has 0 unspecified atom stereocenters. The molecule has 3 rings (SSSR count). The zero-order valence-corrected chi connectivity index (χ0v) is 15.0. The first-order valence-corrected chi connectivity index (χ1v) is 8.82. The van der Waals surface area contributed by atoms with E-state index in [2.05, 4.69) is 10.3 Å². The smallest absolute Gasteiger partial charge is 0.224 e. The fourth-order valence-corrected chi connectivity index (χ4v) is 3.53. The van der Waals surface area contributed by atoms with E-state index >= 15 is 0 Å². The minimum atomic E-state index is -0.286. The first-order valence-electron chi connectivity index (χ1n) is 8.00. The van der Waals surface area contributed by atoms with Gasteiger partial charge in [0.2, 0.25) is 5.91 Å². The molecule has 0 aliphatic rings. The van der Waals surface area contributed by atoms with Crippen LogP contribution in [0.2, 0.25) is 0 Å². The van der Waals surface area contributed by atoms with Gasteiger partial charge in [0.25, 0.3) is 0 Å². The SMILES string of the molecule is COc1cc(CC(=O)NCCc2nc3cc(F)ccc3s2)ccc1C. The summed E-state index contributed by atoms with van der Waals surface area (Å²) in [6, 6.07) is 10.4. The van der Waals surface area contributed by atoms with Crippen molar-refractivity contribution in [3.63, 3.8) is 0 Å². The third-order valence-corrected chi connectivity index (χ3v) is 4.99. The van der Waals surface area contributed by atoms with E-state index < -0.39 is 0 Å². The van der Waals surface area contributed by atoms with E-state index in [-0.39, 0.29) is 11.7 Å². The van der Waals surface area contributed by atoms with Crippen LogP contribution in [0, 0.1) is 12.7 Å². The fourth-order valence-electron chi connectivity index (χ4n) is 2.59. The Morgan fingerprint density at radius 2 is 2.12 bits per heavy atom. The molecule has 25 heavy (non-hydrogen) atoms. The molecule has 0 saturated carbocycles. The van der Waals surface area contributed by atoms with Gasteiger partial charge in [-0.1, -0.05) is 12.1 Å². The maximum Gasteiger partial charge on any atom is 0.224 e. The highest BCUT2D eigenvalue weighted by Gasteiger charge is 2.08. The minimum absolute atomic E-state index is 0.0435. The maximum atomic E-state index is 13.2. The predicted molar refractivity (Wildman–Crippen MR) is 97.7 cm³/mol. The van der Waals surface area contributed by atoms with Crippen LogP contribution in [0.3, 0.4) is 0 Å².